The molecule has 5 rings (SSSR count). The van der Waals surface area contributed by atoms with Crippen LogP contribution in [-0.4, -0.2) is 47.4 Å². The molecule has 1 aliphatic carbocycles. The van der Waals surface area contributed by atoms with Gasteiger partial charge < -0.3 is 14.9 Å². The second-order valence-electron chi connectivity index (χ2n) is 8.85. The largest absolute Gasteiger partial charge is 0.391 e. The molecule has 0 radical (unpaired) electrons. The maximum absolute atomic E-state index is 10.2. The number of thiophene rings is 1. The van der Waals surface area contributed by atoms with Gasteiger partial charge in [-0.3, -0.25) is 0 Å². The molecule has 146 valence electrons. The first kappa shape index (κ1) is 17.8. The summed E-state index contributed by atoms with van der Waals surface area (Å²) in [7, 11) is 0. The first-order valence-corrected chi connectivity index (χ1v) is 11.6. The molecule has 1 atom stereocenters. The van der Waals surface area contributed by atoms with Crippen molar-refractivity contribution in [2.24, 2.45) is 5.92 Å². The summed E-state index contributed by atoms with van der Waals surface area (Å²) < 4.78 is 0. The van der Waals surface area contributed by atoms with Gasteiger partial charge in [0.25, 0.3) is 0 Å². The van der Waals surface area contributed by atoms with E-state index in [0.29, 0.717) is 6.54 Å². The molecular formula is C21H31N4OS+. The van der Waals surface area contributed by atoms with Gasteiger partial charge in [-0.05, 0) is 56.4 Å². The molecule has 27 heavy (non-hydrogen) atoms. The number of nitrogens with zero attached hydrogens (tertiary/aromatic N) is 3. The van der Waals surface area contributed by atoms with E-state index in [0.717, 1.165) is 49.9 Å². The average Bonchev–Trinajstić information content (AvgIpc) is 3.24. The van der Waals surface area contributed by atoms with Crippen LogP contribution in [0.1, 0.15) is 55.3 Å². The molecule has 2 N–H and O–H groups in total. The molecule has 0 unspecified atom stereocenters. The Morgan fingerprint density at radius 3 is 2.81 bits per heavy atom. The Morgan fingerprint density at radius 2 is 2.00 bits per heavy atom. The molecule has 0 aromatic carbocycles. The SMILES string of the molecule is CC1CC[NH+](Cc2nc(N3CCC[C@@H](O)C3)c3c4c(sc3n2)CCC4)CC1. The standard InChI is InChI=1S/C21H30N4OS/c1-14-7-10-24(11-8-14)13-18-22-20(25-9-3-4-15(26)12-25)19-16-5-2-6-17(16)27-21(19)23-18/h14-15,26H,2-13H2,1H3/p+1/t15-/m1/s1. The number of aliphatic hydroxyl groups is 1. The summed E-state index contributed by atoms with van der Waals surface area (Å²) in [6.45, 7) is 7.50. The Kier molecular flexibility index (Phi) is 4.82. The highest BCUT2D eigenvalue weighted by Gasteiger charge is 2.28. The van der Waals surface area contributed by atoms with Gasteiger partial charge in [0, 0.05) is 18.0 Å². The Morgan fingerprint density at radius 1 is 1.15 bits per heavy atom. The third-order valence-electron chi connectivity index (χ3n) is 6.68. The molecule has 3 aliphatic rings. The van der Waals surface area contributed by atoms with E-state index in [1.54, 1.807) is 4.90 Å². The predicted octanol–water partition coefficient (Wildman–Crippen LogP) is 1.96. The summed E-state index contributed by atoms with van der Waals surface area (Å²) in [6.07, 6.45) is 7.98. The van der Waals surface area contributed by atoms with Crippen molar-refractivity contribution in [3.63, 3.8) is 0 Å². The number of piperidine rings is 2. The van der Waals surface area contributed by atoms with Crippen LogP contribution in [0.4, 0.5) is 5.82 Å². The van der Waals surface area contributed by atoms with E-state index in [-0.39, 0.29) is 6.10 Å². The monoisotopic (exact) mass is 387 g/mol. The first-order valence-electron chi connectivity index (χ1n) is 10.7. The number of β-amino-alcohol motifs (C(OH)–C–C–N with tert-alkyl or cyclic N) is 1. The van der Waals surface area contributed by atoms with Gasteiger partial charge in [0.05, 0.1) is 24.6 Å². The Hall–Kier alpha value is -1.24. The number of hydrogen-bond acceptors (Lipinski definition) is 5. The second-order valence-corrected chi connectivity index (χ2v) is 9.94. The van der Waals surface area contributed by atoms with Crippen LogP contribution in [0, 0.1) is 5.92 Å². The minimum atomic E-state index is -0.229. The van der Waals surface area contributed by atoms with Crippen molar-refractivity contribution in [1.82, 2.24) is 9.97 Å². The molecule has 4 heterocycles. The number of nitrogens with one attached hydrogen (secondary N) is 1. The van der Waals surface area contributed by atoms with Crippen molar-refractivity contribution in [2.45, 2.75) is 64.5 Å². The maximum Gasteiger partial charge on any atom is 0.187 e. The molecule has 5 nitrogen and oxygen atoms in total. The van der Waals surface area contributed by atoms with Crippen LogP contribution in [0.15, 0.2) is 0 Å². The smallest absolute Gasteiger partial charge is 0.187 e. The van der Waals surface area contributed by atoms with E-state index in [1.165, 1.54) is 59.4 Å². The van der Waals surface area contributed by atoms with Gasteiger partial charge in [-0.1, -0.05) is 6.92 Å². The topological polar surface area (TPSA) is 53.7 Å². The highest BCUT2D eigenvalue weighted by molar-refractivity contribution is 7.19. The van der Waals surface area contributed by atoms with E-state index < -0.39 is 0 Å². The Labute approximate surface area is 165 Å². The fraction of sp³-hybridized carbons (Fsp3) is 0.714. The van der Waals surface area contributed by atoms with Gasteiger partial charge in [0.1, 0.15) is 17.2 Å². The van der Waals surface area contributed by atoms with E-state index in [2.05, 4.69) is 11.8 Å². The third kappa shape index (κ3) is 3.47. The molecule has 2 aromatic rings. The number of hydrogen-bond donors (Lipinski definition) is 2. The number of likely N-dealkylation sites (tertiary alicyclic amines) is 1. The molecule has 2 fully saturated rings. The molecule has 2 aliphatic heterocycles. The lowest BCUT2D eigenvalue weighted by molar-refractivity contribution is -0.920. The number of aryl methyl sites for hydroxylation is 2. The first-order chi connectivity index (χ1) is 13.2. The molecule has 0 saturated carbocycles. The van der Waals surface area contributed by atoms with E-state index in [9.17, 15) is 5.11 Å². The number of rotatable bonds is 3. The van der Waals surface area contributed by atoms with Gasteiger partial charge >= 0.3 is 0 Å². The minimum Gasteiger partial charge on any atom is -0.391 e. The fourth-order valence-corrected chi connectivity index (χ4v) is 6.32. The summed E-state index contributed by atoms with van der Waals surface area (Å²) in [5, 5.41) is 11.5. The molecule has 0 bridgehead atoms. The van der Waals surface area contributed by atoms with E-state index >= 15 is 0 Å². The van der Waals surface area contributed by atoms with Crippen LogP contribution >= 0.6 is 11.3 Å². The zero-order valence-corrected chi connectivity index (χ0v) is 17.2. The summed E-state index contributed by atoms with van der Waals surface area (Å²) in [6, 6.07) is 0. The lowest BCUT2D eigenvalue weighted by atomic mass is 9.99. The van der Waals surface area contributed by atoms with Crippen LogP contribution < -0.4 is 9.80 Å². The van der Waals surface area contributed by atoms with Crippen LogP contribution in [0.2, 0.25) is 0 Å². The van der Waals surface area contributed by atoms with E-state index in [4.69, 9.17) is 9.97 Å². The summed E-state index contributed by atoms with van der Waals surface area (Å²) in [5.74, 6) is 2.97. The van der Waals surface area contributed by atoms with Crippen molar-refractivity contribution in [3.05, 3.63) is 16.3 Å². The maximum atomic E-state index is 10.2. The van der Waals surface area contributed by atoms with Crippen LogP contribution in [-0.2, 0) is 19.4 Å². The number of anilines is 1. The molecule has 6 heteroatoms. The summed E-state index contributed by atoms with van der Waals surface area (Å²) in [5.41, 5.74) is 1.50. The molecular weight excluding hydrogens is 356 g/mol. The van der Waals surface area contributed by atoms with Crippen LogP contribution in [0.25, 0.3) is 10.2 Å². The minimum absolute atomic E-state index is 0.229. The number of fused-ring (bicyclic) bond motifs is 3. The van der Waals surface area contributed by atoms with Gasteiger partial charge in [-0.15, -0.1) is 11.3 Å². The number of aromatic nitrogens is 2. The third-order valence-corrected chi connectivity index (χ3v) is 7.86. The Bertz CT molecular complexity index is 827. The fourth-order valence-electron chi connectivity index (χ4n) is 5.05. The number of aliphatic hydroxyl groups excluding tert-OH is 1. The quantitative estimate of drug-likeness (QED) is 0.845. The highest BCUT2D eigenvalue weighted by Crippen LogP contribution is 2.41. The average molecular weight is 388 g/mol. The second kappa shape index (κ2) is 7.30. The van der Waals surface area contributed by atoms with Gasteiger partial charge in [0.2, 0.25) is 0 Å². The molecule has 2 saturated heterocycles. The van der Waals surface area contributed by atoms with Gasteiger partial charge in [-0.25, -0.2) is 9.97 Å². The normalized spacial score (nSPS) is 28.7. The van der Waals surface area contributed by atoms with Crippen LogP contribution in [0.5, 0.6) is 0 Å². The lowest BCUT2D eigenvalue weighted by Crippen LogP contribution is -3.11. The molecule has 0 spiro atoms. The zero-order valence-electron chi connectivity index (χ0n) is 16.3. The van der Waals surface area contributed by atoms with Crippen molar-refractivity contribution in [2.75, 3.05) is 31.1 Å². The van der Waals surface area contributed by atoms with Crippen molar-refractivity contribution >= 4 is 27.4 Å². The van der Waals surface area contributed by atoms with Crippen molar-refractivity contribution in [3.8, 4) is 0 Å². The zero-order chi connectivity index (χ0) is 18.4. The molecule has 0 amide bonds. The highest BCUT2D eigenvalue weighted by atomic mass is 32.1. The van der Waals surface area contributed by atoms with Crippen molar-refractivity contribution in [1.29, 1.82) is 0 Å². The Balaban J connectivity index is 1.51. The predicted molar refractivity (Wildman–Crippen MR) is 110 cm³/mol. The summed E-state index contributed by atoms with van der Waals surface area (Å²) in [4.78, 5) is 16.8. The lowest BCUT2D eigenvalue weighted by Gasteiger charge is -2.32. The van der Waals surface area contributed by atoms with Crippen molar-refractivity contribution < 1.29 is 10.0 Å². The van der Waals surface area contributed by atoms with Gasteiger partial charge in [0.15, 0.2) is 5.82 Å². The van der Waals surface area contributed by atoms with Crippen LogP contribution in [0.3, 0.4) is 0 Å². The van der Waals surface area contributed by atoms with Gasteiger partial charge in [-0.2, -0.15) is 0 Å². The number of quaternary nitrogens is 1. The summed E-state index contributed by atoms with van der Waals surface area (Å²) >= 11 is 1.89. The van der Waals surface area contributed by atoms with E-state index in [1.807, 2.05) is 11.3 Å². The molecule has 2 aromatic heterocycles.